The number of hydrogen-bond acceptors (Lipinski definition) is 6. The Morgan fingerprint density at radius 3 is 3.09 bits per heavy atom. The van der Waals surface area contributed by atoms with Gasteiger partial charge in [-0.3, -0.25) is 5.10 Å². The van der Waals surface area contributed by atoms with Gasteiger partial charge in [-0.1, -0.05) is 12.1 Å². The molecule has 7 nitrogen and oxygen atoms in total. The Morgan fingerprint density at radius 1 is 1.23 bits per heavy atom. The van der Waals surface area contributed by atoms with E-state index in [9.17, 15) is 0 Å². The van der Waals surface area contributed by atoms with E-state index >= 15 is 0 Å². The molecule has 2 N–H and O–H groups in total. The van der Waals surface area contributed by atoms with E-state index in [1.165, 1.54) is 6.33 Å². The second kappa shape index (κ2) is 6.86. The van der Waals surface area contributed by atoms with Crippen molar-refractivity contribution in [3.05, 3.63) is 42.4 Å². The van der Waals surface area contributed by atoms with Gasteiger partial charge in [-0.25, -0.2) is 9.97 Å². The number of aromatic amines is 1. The van der Waals surface area contributed by atoms with Crippen LogP contribution in [0.2, 0.25) is 0 Å². The Balaban J connectivity index is 1.66. The molecule has 0 fully saturated rings. The van der Waals surface area contributed by atoms with Gasteiger partial charge in [0.15, 0.2) is 5.65 Å². The van der Waals surface area contributed by atoms with Crippen LogP contribution in [-0.2, 0) is 11.3 Å². The molecular weight excluding hydrogens is 282 g/mol. The zero-order valence-electron chi connectivity index (χ0n) is 12.2. The molecule has 3 aromatic rings. The largest absolute Gasteiger partial charge is 0.491 e. The molecule has 2 heterocycles. The van der Waals surface area contributed by atoms with Crippen LogP contribution in [0.15, 0.2) is 36.8 Å². The molecule has 0 saturated heterocycles. The summed E-state index contributed by atoms with van der Waals surface area (Å²) in [4.78, 5) is 8.36. The summed E-state index contributed by atoms with van der Waals surface area (Å²) in [5.41, 5.74) is 1.82. The van der Waals surface area contributed by atoms with Crippen molar-refractivity contribution in [1.29, 1.82) is 0 Å². The van der Waals surface area contributed by atoms with Crippen molar-refractivity contribution in [2.24, 2.45) is 0 Å². The number of benzene rings is 1. The molecule has 7 heteroatoms. The number of aromatic nitrogens is 4. The van der Waals surface area contributed by atoms with E-state index in [0.29, 0.717) is 25.4 Å². The number of fused-ring (bicyclic) bond motifs is 1. The first-order valence-corrected chi connectivity index (χ1v) is 6.95. The number of H-pyrrole nitrogens is 1. The van der Waals surface area contributed by atoms with Gasteiger partial charge in [-0.05, 0) is 17.7 Å². The fourth-order valence-electron chi connectivity index (χ4n) is 2.08. The van der Waals surface area contributed by atoms with Gasteiger partial charge < -0.3 is 14.8 Å². The number of ether oxygens (including phenoxy) is 2. The minimum absolute atomic E-state index is 0.537. The maximum atomic E-state index is 5.60. The van der Waals surface area contributed by atoms with Gasteiger partial charge in [0.05, 0.1) is 18.2 Å². The van der Waals surface area contributed by atoms with E-state index in [4.69, 9.17) is 9.47 Å². The van der Waals surface area contributed by atoms with Crippen LogP contribution >= 0.6 is 0 Å². The van der Waals surface area contributed by atoms with Crippen LogP contribution in [-0.4, -0.2) is 40.5 Å². The Bertz CT molecular complexity index is 743. The molecule has 0 aliphatic heterocycles. The lowest BCUT2D eigenvalue weighted by Gasteiger charge is -2.09. The van der Waals surface area contributed by atoms with Crippen LogP contribution in [0.5, 0.6) is 5.75 Å². The van der Waals surface area contributed by atoms with Gasteiger partial charge >= 0.3 is 0 Å². The third-order valence-corrected chi connectivity index (χ3v) is 3.16. The summed E-state index contributed by atoms with van der Waals surface area (Å²) >= 11 is 0. The normalized spacial score (nSPS) is 10.8. The highest BCUT2D eigenvalue weighted by Crippen LogP contribution is 2.18. The number of anilines is 1. The minimum Gasteiger partial charge on any atom is -0.491 e. The van der Waals surface area contributed by atoms with Crippen molar-refractivity contribution in [2.75, 3.05) is 25.6 Å². The van der Waals surface area contributed by atoms with E-state index in [1.807, 2.05) is 24.3 Å². The first kappa shape index (κ1) is 14.3. The number of nitrogens with one attached hydrogen (secondary N) is 2. The summed E-state index contributed by atoms with van der Waals surface area (Å²) in [6.45, 7) is 1.75. The summed E-state index contributed by atoms with van der Waals surface area (Å²) in [6, 6.07) is 7.92. The molecule has 0 saturated carbocycles. The molecule has 0 amide bonds. The fraction of sp³-hybridized carbons (Fsp3) is 0.267. The van der Waals surface area contributed by atoms with Crippen molar-refractivity contribution in [3.8, 4) is 5.75 Å². The predicted molar refractivity (Wildman–Crippen MR) is 82.8 cm³/mol. The number of nitrogens with zero attached hydrogens (tertiary/aromatic N) is 3. The van der Waals surface area contributed by atoms with Crippen molar-refractivity contribution in [2.45, 2.75) is 6.54 Å². The van der Waals surface area contributed by atoms with E-state index in [1.54, 1.807) is 13.3 Å². The van der Waals surface area contributed by atoms with Crippen LogP contribution in [0.4, 0.5) is 5.82 Å². The summed E-state index contributed by atoms with van der Waals surface area (Å²) in [5.74, 6) is 1.58. The molecule has 3 rings (SSSR count). The molecule has 0 radical (unpaired) electrons. The molecule has 114 valence electrons. The fourth-order valence-corrected chi connectivity index (χ4v) is 2.08. The highest BCUT2D eigenvalue weighted by Gasteiger charge is 2.05. The van der Waals surface area contributed by atoms with Gasteiger partial charge in [0.1, 0.15) is 24.5 Å². The molecule has 1 aromatic carbocycles. The van der Waals surface area contributed by atoms with Gasteiger partial charge in [-0.2, -0.15) is 5.10 Å². The summed E-state index contributed by atoms with van der Waals surface area (Å²) < 4.78 is 10.6. The van der Waals surface area contributed by atoms with Crippen LogP contribution in [0.3, 0.4) is 0 Å². The Kier molecular flexibility index (Phi) is 4.45. The van der Waals surface area contributed by atoms with E-state index in [-0.39, 0.29) is 0 Å². The van der Waals surface area contributed by atoms with Gasteiger partial charge in [-0.15, -0.1) is 0 Å². The summed E-state index contributed by atoms with van der Waals surface area (Å²) in [7, 11) is 1.65. The van der Waals surface area contributed by atoms with Crippen LogP contribution in [0.1, 0.15) is 5.56 Å². The quantitative estimate of drug-likeness (QED) is 0.649. The van der Waals surface area contributed by atoms with Crippen molar-refractivity contribution in [3.63, 3.8) is 0 Å². The number of hydrogen-bond donors (Lipinski definition) is 2. The van der Waals surface area contributed by atoms with Crippen molar-refractivity contribution >= 4 is 16.9 Å². The van der Waals surface area contributed by atoms with Gasteiger partial charge in [0.2, 0.25) is 0 Å². The predicted octanol–water partition coefficient (Wildman–Crippen LogP) is 1.99. The molecule has 0 aliphatic carbocycles. The lowest BCUT2D eigenvalue weighted by atomic mass is 10.2. The molecule has 0 aliphatic rings. The first-order chi connectivity index (χ1) is 10.9. The monoisotopic (exact) mass is 299 g/mol. The molecule has 0 bridgehead atoms. The molecular formula is C15H17N5O2. The average molecular weight is 299 g/mol. The molecule has 0 unspecified atom stereocenters. The minimum atomic E-state index is 0.537. The molecule has 22 heavy (non-hydrogen) atoms. The highest BCUT2D eigenvalue weighted by molar-refractivity contribution is 5.85. The third kappa shape index (κ3) is 3.32. The lowest BCUT2D eigenvalue weighted by Crippen LogP contribution is -2.05. The zero-order chi connectivity index (χ0) is 15.2. The maximum Gasteiger partial charge on any atom is 0.160 e. The van der Waals surface area contributed by atoms with Crippen LogP contribution in [0.25, 0.3) is 11.0 Å². The summed E-state index contributed by atoms with van der Waals surface area (Å²) in [5, 5.41) is 11.0. The third-order valence-electron chi connectivity index (χ3n) is 3.16. The number of rotatable bonds is 7. The standard InChI is InChI=1S/C15H17N5O2/c1-21-5-6-22-12-4-2-3-11(7-12)8-16-14-13-9-19-20-15(13)18-10-17-14/h2-4,7,9-10H,5-6,8H2,1H3,(H2,16,17,18,19,20). The van der Waals surface area contributed by atoms with Crippen LogP contribution < -0.4 is 10.1 Å². The Labute approximate surface area is 127 Å². The SMILES string of the molecule is COCCOc1cccc(CNc2ncnc3[nH]ncc23)c1. The van der Waals surface area contributed by atoms with E-state index in [0.717, 1.165) is 22.5 Å². The van der Waals surface area contributed by atoms with E-state index < -0.39 is 0 Å². The Hall–Kier alpha value is -2.67. The Morgan fingerprint density at radius 2 is 2.18 bits per heavy atom. The van der Waals surface area contributed by atoms with Crippen molar-refractivity contribution in [1.82, 2.24) is 20.2 Å². The zero-order valence-corrected chi connectivity index (χ0v) is 12.2. The molecule has 0 atom stereocenters. The van der Waals surface area contributed by atoms with Crippen LogP contribution in [0, 0.1) is 0 Å². The van der Waals surface area contributed by atoms with Gasteiger partial charge in [0.25, 0.3) is 0 Å². The molecule has 2 aromatic heterocycles. The second-order valence-electron chi connectivity index (χ2n) is 4.70. The topological polar surface area (TPSA) is 85.0 Å². The maximum absolute atomic E-state index is 5.60. The van der Waals surface area contributed by atoms with E-state index in [2.05, 4.69) is 25.5 Å². The lowest BCUT2D eigenvalue weighted by molar-refractivity contribution is 0.146. The smallest absolute Gasteiger partial charge is 0.160 e. The number of methoxy groups -OCH3 is 1. The summed E-state index contributed by atoms with van der Waals surface area (Å²) in [6.07, 6.45) is 3.22. The average Bonchev–Trinajstić information content (AvgIpc) is 3.03. The van der Waals surface area contributed by atoms with Gasteiger partial charge in [0, 0.05) is 13.7 Å². The highest BCUT2D eigenvalue weighted by atomic mass is 16.5. The first-order valence-electron chi connectivity index (χ1n) is 6.95. The second-order valence-corrected chi connectivity index (χ2v) is 4.70. The molecule has 0 spiro atoms. The van der Waals surface area contributed by atoms with Crippen molar-refractivity contribution < 1.29 is 9.47 Å².